The second-order valence-electron chi connectivity index (χ2n) is 5.47. The van der Waals surface area contributed by atoms with Gasteiger partial charge >= 0.3 is 0 Å². The molecule has 0 aromatic heterocycles. The average molecular weight is 457 g/mol. The minimum absolute atomic E-state index is 0. The highest BCUT2D eigenvalue weighted by molar-refractivity contribution is 14.0. The van der Waals surface area contributed by atoms with Gasteiger partial charge in [-0.25, -0.2) is 0 Å². The summed E-state index contributed by atoms with van der Waals surface area (Å²) in [6.07, 6.45) is 5.33. The quantitative estimate of drug-likeness (QED) is 0.221. The number of likely N-dealkylation sites (N-methyl/N-ethyl adjacent to an activating group) is 1. The molecule has 0 aliphatic carbocycles. The van der Waals surface area contributed by atoms with E-state index in [0.717, 1.165) is 57.2 Å². The largest absolute Gasteiger partial charge is 0.358 e. The van der Waals surface area contributed by atoms with E-state index in [-0.39, 0.29) is 29.9 Å². The van der Waals surface area contributed by atoms with Gasteiger partial charge in [0, 0.05) is 39.3 Å². The number of piperidine rings is 1. The van der Waals surface area contributed by atoms with Crippen LogP contribution in [0.2, 0.25) is 0 Å². The number of carbonyl (C=O) groups excluding carboxylic acids is 1. The second-order valence-corrected chi connectivity index (χ2v) is 6.46. The summed E-state index contributed by atoms with van der Waals surface area (Å²) < 4.78 is 0. The monoisotopic (exact) mass is 457 g/mol. The van der Waals surface area contributed by atoms with Crippen molar-refractivity contribution in [1.82, 2.24) is 20.9 Å². The Morgan fingerprint density at radius 2 is 2.04 bits per heavy atom. The molecule has 1 aliphatic heterocycles. The van der Waals surface area contributed by atoms with Crippen molar-refractivity contribution in [3.63, 3.8) is 0 Å². The highest BCUT2D eigenvalue weighted by atomic mass is 127. The predicted octanol–water partition coefficient (Wildman–Crippen LogP) is 1.12. The van der Waals surface area contributed by atoms with Crippen molar-refractivity contribution in [3.8, 4) is 0 Å². The third-order valence-electron chi connectivity index (χ3n) is 3.70. The molecule has 1 saturated heterocycles. The molecule has 0 radical (unpaired) electrons. The van der Waals surface area contributed by atoms with Crippen molar-refractivity contribution in [3.05, 3.63) is 0 Å². The number of nitrogens with zero attached hydrogens (tertiary/aromatic N) is 2. The van der Waals surface area contributed by atoms with E-state index in [9.17, 15) is 4.79 Å². The maximum Gasteiger partial charge on any atom is 0.233 e. The number of thioether (sulfide) groups is 1. The molecule has 0 aromatic carbocycles. The lowest BCUT2D eigenvalue weighted by Gasteiger charge is -2.32. The summed E-state index contributed by atoms with van der Waals surface area (Å²) in [4.78, 5) is 18.2. The van der Waals surface area contributed by atoms with E-state index in [1.54, 1.807) is 7.05 Å². The van der Waals surface area contributed by atoms with Crippen LogP contribution >= 0.6 is 35.7 Å². The summed E-state index contributed by atoms with van der Waals surface area (Å²) in [6.45, 7) is 6.25. The number of aliphatic imine (C=N–C) groups is 1. The van der Waals surface area contributed by atoms with Crippen LogP contribution in [0.1, 0.15) is 26.2 Å². The van der Waals surface area contributed by atoms with Crippen LogP contribution in [-0.2, 0) is 4.79 Å². The number of carbonyl (C=O) groups is 1. The second kappa shape index (κ2) is 14.2. The molecular weight excluding hydrogens is 425 g/mol. The molecule has 23 heavy (non-hydrogen) atoms. The van der Waals surface area contributed by atoms with Crippen molar-refractivity contribution >= 4 is 47.6 Å². The van der Waals surface area contributed by atoms with Crippen LogP contribution in [0, 0.1) is 0 Å². The lowest BCUT2D eigenvalue weighted by atomic mass is 10.1. The zero-order chi connectivity index (χ0) is 16.2. The van der Waals surface area contributed by atoms with Gasteiger partial charge in [-0.2, -0.15) is 11.8 Å². The predicted molar refractivity (Wildman–Crippen MR) is 111 cm³/mol. The molecule has 1 fully saturated rings. The minimum atomic E-state index is 0. The molecule has 1 rings (SSSR count). The van der Waals surface area contributed by atoms with Crippen molar-refractivity contribution in [2.24, 2.45) is 4.99 Å². The Morgan fingerprint density at radius 1 is 1.35 bits per heavy atom. The molecule has 8 heteroatoms. The Bertz CT molecular complexity index is 349. The van der Waals surface area contributed by atoms with Crippen molar-refractivity contribution in [1.29, 1.82) is 0 Å². The maximum atomic E-state index is 11.4. The van der Waals surface area contributed by atoms with Crippen LogP contribution in [0.15, 0.2) is 4.99 Å². The van der Waals surface area contributed by atoms with E-state index in [1.807, 2.05) is 11.8 Å². The first kappa shape index (κ1) is 22.8. The first-order valence-electron chi connectivity index (χ1n) is 8.16. The number of hydrogen-bond acceptors (Lipinski definition) is 4. The summed E-state index contributed by atoms with van der Waals surface area (Å²) in [7, 11) is 1.69. The Hall–Kier alpha value is -0.220. The smallest absolute Gasteiger partial charge is 0.233 e. The minimum Gasteiger partial charge on any atom is -0.358 e. The Labute approximate surface area is 162 Å². The number of rotatable bonds is 8. The van der Waals surface area contributed by atoms with E-state index in [2.05, 4.69) is 39.0 Å². The lowest BCUT2D eigenvalue weighted by molar-refractivity contribution is -0.122. The zero-order valence-electron chi connectivity index (χ0n) is 14.6. The summed E-state index contributed by atoms with van der Waals surface area (Å²) in [5, 5.41) is 9.52. The van der Waals surface area contributed by atoms with Gasteiger partial charge in [-0.15, -0.1) is 24.0 Å². The van der Waals surface area contributed by atoms with Gasteiger partial charge in [0.1, 0.15) is 0 Å². The topological polar surface area (TPSA) is 68.8 Å². The lowest BCUT2D eigenvalue weighted by Crippen LogP contribution is -2.50. The van der Waals surface area contributed by atoms with E-state index in [4.69, 9.17) is 0 Å². The van der Waals surface area contributed by atoms with Crippen LogP contribution in [0.25, 0.3) is 0 Å². The molecule has 1 heterocycles. The Balaban J connectivity index is 0.00000484. The van der Waals surface area contributed by atoms with E-state index in [1.165, 1.54) is 0 Å². The van der Waals surface area contributed by atoms with Crippen LogP contribution in [0.3, 0.4) is 0 Å². The van der Waals surface area contributed by atoms with Gasteiger partial charge in [0.2, 0.25) is 5.91 Å². The van der Waals surface area contributed by atoms with Gasteiger partial charge in [-0.1, -0.05) is 0 Å². The van der Waals surface area contributed by atoms with Crippen LogP contribution in [0.4, 0.5) is 0 Å². The SMILES string of the molecule is CCNC(=NCCCSC)NC1CCN(CC(=O)NC)CC1.I. The molecule has 0 unspecified atom stereocenters. The molecule has 1 aliphatic rings. The molecule has 0 spiro atoms. The van der Waals surface area contributed by atoms with Gasteiger partial charge in [0.05, 0.1) is 6.54 Å². The van der Waals surface area contributed by atoms with Crippen LogP contribution in [0.5, 0.6) is 0 Å². The fourth-order valence-electron chi connectivity index (χ4n) is 2.43. The number of hydrogen-bond donors (Lipinski definition) is 3. The molecule has 0 bridgehead atoms. The Kier molecular flexibility index (Phi) is 14.0. The molecule has 0 aromatic rings. The summed E-state index contributed by atoms with van der Waals surface area (Å²) >= 11 is 1.86. The number of guanidine groups is 1. The van der Waals surface area contributed by atoms with Gasteiger partial charge < -0.3 is 16.0 Å². The molecule has 3 N–H and O–H groups in total. The highest BCUT2D eigenvalue weighted by Gasteiger charge is 2.21. The molecule has 1 amide bonds. The van der Waals surface area contributed by atoms with Gasteiger partial charge in [0.25, 0.3) is 0 Å². The molecule has 136 valence electrons. The highest BCUT2D eigenvalue weighted by Crippen LogP contribution is 2.09. The zero-order valence-corrected chi connectivity index (χ0v) is 17.7. The van der Waals surface area contributed by atoms with Gasteiger partial charge in [-0.05, 0) is 38.2 Å². The summed E-state index contributed by atoms with van der Waals surface area (Å²) in [6, 6.07) is 0.444. The van der Waals surface area contributed by atoms with Crippen molar-refractivity contribution in [2.75, 3.05) is 51.8 Å². The number of halogens is 1. The normalized spacial score (nSPS) is 16.6. The van der Waals surface area contributed by atoms with E-state index < -0.39 is 0 Å². The third-order valence-corrected chi connectivity index (χ3v) is 4.39. The van der Waals surface area contributed by atoms with Crippen LogP contribution < -0.4 is 16.0 Å². The fourth-order valence-corrected chi connectivity index (χ4v) is 2.85. The van der Waals surface area contributed by atoms with Crippen molar-refractivity contribution < 1.29 is 4.79 Å². The summed E-state index contributed by atoms with van der Waals surface area (Å²) in [5.41, 5.74) is 0. The van der Waals surface area contributed by atoms with E-state index >= 15 is 0 Å². The van der Waals surface area contributed by atoms with E-state index in [0.29, 0.717) is 12.6 Å². The molecular formula is C15H32IN5OS. The third kappa shape index (κ3) is 10.3. The first-order chi connectivity index (χ1) is 10.7. The Morgan fingerprint density at radius 3 is 2.61 bits per heavy atom. The number of likely N-dealkylation sites (tertiary alicyclic amines) is 1. The average Bonchev–Trinajstić information content (AvgIpc) is 2.53. The fraction of sp³-hybridized carbons (Fsp3) is 0.867. The van der Waals surface area contributed by atoms with Gasteiger partial charge in [-0.3, -0.25) is 14.7 Å². The first-order valence-corrected chi connectivity index (χ1v) is 9.55. The molecule has 0 atom stereocenters. The van der Waals surface area contributed by atoms with Crippen molar-refractivity contribution in [2.45, 2.75) is 32.2 Å². The molecule has 0 saturated carbocycles. The number of nitrogens with one attached hydrogen (secondary N) is 3. The maximum absolute atomic E-state index is 11.4. The van der Waals surface area contributed by atoms with Crippen LogP contribution in [-0.4, -0.2) is 74.6 Å². The standard InChI is InChI=1S/C15H31N5OS.HI/c1-4-17-15(18-8-5-11-22-3)19-13-6-9-20(10-7-13)12-14(21)16-2;/h13H,4-12H2,1-3H3,(H,16,21)(H2,17,18,19);1H. The molecule has 6 nitrogen and oxygen atoms in total. The number of amides is 1. The summed E-state index contributed by atoms with van der Waals surface area (Å²) in [5.74, 6) is 2.17. The van der Waals surface area contributed by atoms with Gasteiger partial charge in [0.15, 0.2) is 5.96 Å².